The summed E-state index contributed by atoms with van der Waals surface area (Å²) in [6, 6.07) is 4.58. The maximum absolute atomic E-state index is 5.58. The van der Waals surface area contributed by atoms with Gasteiger partial charge in [-0.05, 0) is 60.7 Å². The number of methoxy groups -OCH3 is 2. The number of hydrogen-bond donors (Lipinski definition) is 1. The Bertz CT molecular complexity index is 586. The molecule has 0 spiro atoms. The number of dihydropyridines is 1. The molecule has 0 aromatic heterocycles. The van der Waals surface area contributed by atoms with Crippen LogP contribution >= 0.6 is 0 Å². The number of rotatable bonds is 5. The zero-order valence-corrected chi connectivity index (χ0v) is 15.0. The van der Waals surface area contributed by atoms with E-state index in [9.17, 15) is 0 Å². The molecule has 1 aromatic carbocycles. The fourth-order valence-corrected chi connectivity index (χ4v) is 2.90. The van der Waals surface area contributed by atoms with Crippen molar-refractivity contribution in [1.82, 2.24) is 5.32 Å². The molecule has 3 heteroatoms. The third-order valence-corrected chi connectivity index (χ3v) is 4.27. The van der Waals surface area contributed by atoms with E-state index in [4.69, 9.17) is 9.47 Å². The molecule has 0 radical (unpaired) electrons. The van der Waals surface area contributed by atoms with E-state index in [1.54, 1.807) is 14.2 Å². The van der Waals surface area contributed by atoms with Gasteiger partial charge in [0.1, 0.15) is 0 Å². The van der Waals surface area contributed by atoms with E-state index in [0.717, 1.165) is 17.9 Å². The first-order valence-electron chi connectivity index (χ1n) is 8.66. The summed E-state index contributed by atoms with van der Waals surface area (Å²) in [6.45, 7) is 6.18. The minimum Gasteiger partial charge on any atom is -0.493 e. The Morgan fingerprint density at radius 1 is 1.13 bits per heavy atom. The van der Waals surface area contributed by atoms with Crippen LogP contribution in [-0.2, 0) is 0 Å². The Labute approximate surface area is 140 Å². The Hall–Kier alpha value is -1.90. The maximum Gasteiger partial charge on any atom is 0.164 e. The third-order valence-electron chi connectivity index (χ3n) is 4.27. The average molecular weight is 315 g/mol. The SMILES string of the molecule is CC.CCC1=CC(c2cc(OC)c(OC)c(C3CC3)c2)NC=C1. The molecule has 1 N–H and O–H groups in total. The molecule has 3 nitrogen and oxygen atoms in total. The van der Waals surface area contributed by atoms with Gasteiger partial charge in [0.25, 0.3) is 0 Å². The van der Waals surface area contributed by atoms with Crippen LogP contribution in [0, 0.1) is 0 Å². The quantitative estimate of drug-likeness (QED) is 0.820. The van der Waals surface area contributed by atoms with Crippen LogP contribution in [0.2, 0.25) is 0 Å². The van der Waals surface area contributed by atoms with Crippen molar-refractivity contribution in [2.45, 2.75) is 52.0 Å². The lowest BCUT2D eigenvalue weighted by Gasteiger charge is -2.22. The predicted molar refractivity (Wildman–Crippen MR) is 96.3 cm³/mol. The van der Waals surface area contributed by atoms with Gasteiger partial charge in [0.05, 0.1) is 20.3 Å². The lowest BCUT2D eigenvalue weighted by Crippen LogP contribution is -2.17. The van der Waals surface area contributed by atoms with Crippen molar-refractivity contribution >= 4 is 0 Å². The molecular weight excluding hydrogens is 286 g/mol. The Morgan fingerprint density at radius 2 is 1.87 bits per heavy atom. The van der Waals surface area contributed by atoms with Crippen molar-refractivity contribution in [2.24, 2.45) is 0 Å². The minimum atomic E-state index is 0.210. The van der Waals surface area contributed by atoms with Crippen molar-refractivity contribution in [1.29, 1.82) is 0 Å². The summed E-state index contributed by atoms with van der Waals surface area (Å²) in [6.07, 6.45) is 10.0. The van der Waals surface area contributed by atoms with E-state index in [1.165, 1.54) is 29.5 Å². The van der Waals surface area contributed by atoms with Gasteiger partial charge in [-0.25, -0.2) is 0 Å². The fraction of sp³-hybridized carbons (Fsp3) is 0.500. The molecule has 0 bridgehead atoms. The molecule has 126 valence electrons. The third kappa shape index (κ3) is 3.90. The number of ether oxygens (including phenoxy) is 2. The second-order valence-electron chi connectivity index (χ2n) is 5.69. The van der Waals surface area contributed by atoms with Crippen molar-refractivity contribution in [3.63, 3.8) is 0 Å². The first-order valence-corrected chi connectivity index (χ1v) is 8.66. The van der Waals surface area contributed by atoms with Crippen LogP contribution in [0.4, 0.5) is 0 Å². The van der Waals surface area contributed by atoms with Gasteiger partial charge in [-0.1, -0.05) is 26.8 Å². The summed E-state index contributed by atoms with van der Waals surface area (Å²) in [5.41, 5.74) is 3.89. The molecule has 0 saturated heterocycles. The predicted octanol–water partition coefficient (Wildman–Crippen LogP) is 5.10. The van der Waals surface area contributed by atoms with Crippen LogP contribution in [0.5, 0.6) is 11.5 Å². The van der Waals surface area contributed by atoms with E-state index < -0.39 is 0 Å². The van der Waals surface area contributed by atoms with Gasteiger partial charge < -0.3 is 14.8 Å². The number of benzene rings is 1. The smallest absolute Gasteiger partial charge is 0.164 e. The van der Waals surface area contributed by atoms with Gasteiger partial charge in [-0.3, -0.25) is 0 Å². The molecule has 1 saturated carbocycles. The monoisotopic (exact) mass is 315 g/mol. The lowest BCUT2D eigenvalue weighted by molar-refractivity contribution is 0.351. The van der Waals surface area contributed by atoms with Crippen LogP contribution < -0.4 is 14.8 Å². The lowest BCUT2D eigenvalue weighted by atomic mass is 9.96. The molecule has 2 aliphatic rings. The van der Waals surface area contributed by atoms with Gasteiger partial charge in [0.2, 0.25) is 0 Å². The average Bonchev–Trinajstić information content (AvgIpc) is 3.47. The molecule has 1 aliphatic heterocycles. The highest BCUT2D eigenvalue weighted by Gasteiger charge is 2.30. The van der Waals surface area contributed by atoms with Crippen LogP contribution in [0.3, 0.4) is 0 Å². The Balaban J connectivity index is 0.000000924. The first kappa shape index (κ1) is 17.5. The van der Waals surface area contributed by atoms with Crippen LogP contribution in [0.1, 0.15) is 63.1 Å². The first-order chi connectivity index (χ1) is 11.3. The van der Waals surface area contributed by atoms with E-state index in [-0.39, 0.29) is 6.04 Å². The summed E-state index contributed by atoms with van der Waals surface area (Å²) < 4.78 is 11.1. The van der Waals surface area contributed by atoms with Gasteiger partial charge in [0, 0.05) is 5.56 Å². The summed E-state index contributed by atoms with van der Waals surface area (Å²) in [4.78, 5) is 0. The van der Waals surface area contributed by atoms with Crippen LogP contribution in [0.15, 0.2) is 36.1 Å². The molecule has 3 rings (SSSR count). The normalized spacial score (nSPS) is 19.2. The zero-order valence-electron chi connectivity index (χ0n) is 15.0. The zero-order chi connectivity index (χ0) is 16.8. The van der Waals surface area contributed by atoms with Crippen LogP contribution in [0.25, 0.3) is 0 Å². The van der Waals surface area contributed by atoms with Crippen molar-refractivity contribution in [3.05, 3.63) is 47.2 Å². The van der Waals surface area contributed by atoms with Gasteiger partial charge in [0.15, 0.2) is 11.5 Å². The minimum absolute atomic E-state index is 0.210. The molecule has 0 amide bonds. The topological polar surface area (TPSA) is 30.5 Å². The number of nitrogens with one attached hydrogen (secondary N) is 1. The van der Waals surface area contributed by atoms with Crippen molar-refractivity contribution < 1.29 is 9.47 Å². The van der Waals surface area contributed by atoms with Gasteiger partial charge >= 0.3 is 0 Å². The molecule has 1 aromatic rings. The Morgan fingerprint density at radius 3 is 2.43 bits per heavy atom. The summed E-state index contributed by atoms with van der Waals surface area (Å²) in [5, 5.41) is 3.42. The highest BCUT2D eigenvalue weighted by Crippen LogP contribution is 2.48. The molecule has 1 unspecified atom stereocenters. The number of hydrogen-bond acceptors (Lipinski definition) is 3. The van der Waals surface area contributed by atoms with E-state index >= 15 is 0 Å². The van der Waals surface area contributed by atoms with E-state index in [0.29, 0.717) is 5.92 Å². The Kier molecular flexibility index (Phi) is 6.14. The standard InChI is InChI=1S/C18H23NO2.C2H6/c1-4-12-7-8-19-16(9-12)14-10-15(13-5-6-13)18(21-3)17(11-14)20-2;1-2/h7-11,13,16,19H,4-6H2,1-3H3;1-2H3. The summed E-state index contributed by atoms with van der Waals surface area (Å²) in [7, 11) is 3.43. The van der Waals surface area contributed by atoms with Gasteiger partial charge in [-0.2, -0.15) is 0 Å². The summed E-state index contributed by atoms with van der Waals surface area (Å²) >= 11 is 0. The molecule has 1 fully saturated rings. The highest BCUT2D eigenvalue weighted by atomic mass is 16.5. The molecule has 23 heavy (non-hydrogen) atoms. The second-order valence-corrected chi connectivity index (χ2v) is 5.69. The van der Waals surface area contributed by atoms with Crippen molar-refractivity contribution in [3.8, 4) is 11.5 Å². The van der Waals surface area contributed by atoms with Crippen LogP contribution in [-0.4, -0.2) is 14.2 Å². The fourth-order valence-electron chi connectivity index (χ4n) is 2.90. The molecule has 1 heterocycles. The van der Waals surface area contributed by atoms with Crippen molar-refractivity contribution in [2.75, 3.05) is 14.2 Å². The molecular formula is C20H29NO2. The van der Waals surface area contributed by atoms with E-state index in [2.05, 4.69) is 36.5 Å². The maximum atomic E-state index is 5.58. The summed E-state index contributed by atoms with van der Waals surface area (Å²) in [5.74, 6) is 2.36. The number of allylic oxidation sites excluding steroid dienone is 2. The second kappa shape index (κ2) is 8.09. The van der Waals surface area contributed by atoms with Gasteiger partial charge in [-0.15, -0.1) is 0 Å². The molecule has 1 aliphatic carbocycles. The van der Waals surface area contributed by atoms with E-state index in [1.807, 2.05) is 20.0 Å². The highest BCUT2D eigenvalue weighted by molar-refractivity contribution is 5.53. The molecule has 1 atom stereocenters. The largest absolute Gasteiger partial charge is 0.493 e.